The first-order valence-electron chi connectivity index (χ1n) is 9.55. The molecule has 4 rings (SSSR count). The quantitative estimate of drug-likeness (QED) is 0.767. The first-order valence-corrected chi connectivity index (χ1v) is 9.55. The molecule has 2 fully saturated rings. The molecular formula is C20H24FN5O2. The van der Waals surface area contributed by atoms with Gasteiger partial charge in [0.15, 0.2) is 0 Å². The maximum atomic E-state index is 13.5. The average molecular weight is 385 g/mol. The Balaban J connectivity index is 1.65. The van der Waals surface area contributed by atoms with E-state index in [1.54, 1.807) is 36.3 Å². The van der Waals surface area contributed by atoms with Gasteiger partial charge < -0.3 is 10.6 Å². The van der Waals surface area contributed by atoms with E-state index in [1.807, 2.05) is 0 Å². The molecule has 2 aliphatic rings. The lowest BCUT2D eigenvalue weighted by molar-refractivity contribution is -0.134. The summed E-state index contributed by atoms with van der Waals surface area (Å²) in [5.74, 6) is -0.508. The van der Waals surface area contributed by atoms with E-state index >= 15 is 0 Å². The number of benzene rings is 1. The average Bonchev–Trinajstić information content (AvgIpc) is 3.21. The highest BCUT2D eigenvalue weighted by Gasteiger charge is 2.55. The van der Waals surface area contributed by atoms with Crippen molar-refractivity contribution in [2.24, 2.45) is 13.0 Å². The zero-order valence-electron chi connectivity index (χ0n) is 15.8. The highest BCUT2D eigenvalue weighted by molar-refractivity contribution is 6.07. The number of nitrogens with zero attached hydrogens (tertiary/aromatic N) is 3. The second kappa shape index (κ2) is 7.35. The molecule has 148 valence electrons. The van der Waals surface area contributed by atoms with Crippen molar-refractivity contribution in [3.63, 3.8) is 0 Å². The van der Waals surface area contributed by atoms with E-state index in [4.69, 9.17) is 0 Å². The molecule has 0 spiro atoms. The lowest BCUT2D eigenvalue weighted by atomic mass is 9.74. The van der Waals surface area contributed by atoms with E-state index in [1.165, 1.54) is 17.0 Å². The number of piperidine rings is 1. The van der Waals surface area contributed by atoms with E-state index < -0.39 is 5.54 Å². The normalized spacial score (nSPS) is 23.3. The van der Waals surface area contributed by atoms with Crippen LogP contribution in [0.15, 0.2) is 36.7 Å². The van der Waals surface area contributed by atoms with Crippen molar-refractivity contribution in [3.8, 4) is 0 Å². The topological polar surface area (TPSA) is 79.3 Å². The molecule has 2 N–H and O–H groups in total. The molecule has 0 aliphatic carbocycles. The molecule has 1 atom stereocenters. The summed E-state index contributed by atoms with van der Waals surface area (Å²) in [6.45, 7) is 1.80. The first kappa shape index (κ1) is 18.6. The van der Waals surface area contributed by atoms with Gasteiger partial charge in [-0.25, -0.2) is 9.18 Å². The number of amides is 3. The molecule has 1 aromatic carbocycles. The van der Waals surface area contributed by atoms with Crippen LogP contribution < -0.4 is 10.6 Å². The molecule has 0 radical (unpaired) electrons. The van der Waals surface area contributed by atoms with Crippen LogP contribution in [0.3, 0.4) is 0 Å². The van der Waals surface area contributed by atoms with E-state index in [0.29, 0.717) is 6.42 Å². The zero-order valence-corrected chi connectivity index (χ0v) is 15.8. The van der Waals surface area contributed by atoms with Gasteiger partial charge in [0.2, 0.25) is 0 Å². The van der Waals surface area contributed by atoms with Gasteiger partial charge in [0.05, 0.1) is 12.7 Å². The summed E-state index contributed by atoms with van der Waals surface area (Å²) in [6, 6.07) is 5.76. The van der Waals surface area contributed by atoms with Gasteiger partial charge in [-0.3, -0.25) is 14.4 Å². The Labute approximate surface area is 162 Å². The van der Waals surface area contributed by atoms with Crippen LogP contribution >= 0.6 is 0 Å². The summed E-state index contributed by atoms with van der Waals surface area (Å²) in [6.07, 6.45) is 5.41. The van der Waals surface area contributed by atoms with Gasteiger partial charge in [-0.2, -0.15) is 5.10 Å². The first-order chi connectivity index (χ1) is 13.5. The molecule has 0 unspecified atom stereocenters. The van der Waals surface area contributed by atoms with Crippen molar-refractivity contribution < 1.29 is 14.0 Å². The van der Waals surface area contributed by atoms with Crippen molar-refractivity contribution in [1.29, 1.82) is 0 Å². The van der Waals surface area contributed by atoms with Crippen molar-refractivity contribution in [2.75, 3.05) is 13.1 Å². The Morgan fingerprint density at radius 2 is 1.89 bits per heavy atom. The maximum absolute atomic E-state index is 13.5. The van der Waals surface area contributed by atoms with E-state index in [0.717, 1.165) is 37.1 Å². The highest BCUT2D eigenvalue weighted by Crippen LogP contribution is 2.35. The van der Waals surface area contributed by atoms with Crippen LogP contribution in [0.1, 0.15) is 24.0 Å². The molecule has 0 saturated carbocycles. The smallest absolute Gasteiger partial charge is 0.322 e. The minimum absolute atomic E-state index is 0.0224. The van der Waals surface area contributed by atoms with Gasteiger partial charge in [-0.15, -0.1) is 0 Å². The van der Waals surface area contributed by atoms with Crippen LogP contribution in [0.4, 0.5) is 9.18 Å². The fourth-order valence-corrected chi connectivity index (χ4v) is 4.30. The van der Waals surface area contributed by atoms with Gasteiger partial charge in [0, 0.05) is 25.2 Å². The summed E-state index contributed by atoms with van der Waals surface area (Å²) in [4.78, 5) is 27.6. The van der Waals surface area contributed by atoms with E-state index in [2.05, 4.69) is 15.7 Å². The Hall–Kier alpha value is -2.74. The summed E-state index contributed by atoms with van der Waals surface area (Å²) in [7, 11) is 1.79. The predicted molar refractivity (Wildman–Crippen MR) is 101 cm³/mol. The van der Waals surface area contributed by atoms with Crippen LogP contribution in [0.2, 0.25) is 0 Å². The van der Waals surface area contributed by atoms with Crippen molar-refractivity contribution in [3.05, 3.63) is 53.6 Å². The van der Waals surface area contributed by atoms with Crippen LogP contribution in [-0.2, 0) is 24.8 Å². The number of aromatic nitrogens is 2. The Bertz CT molecular complexity index is 875. The number of nitrogens with one attached hydrogen (secondary N) is 2. The largest absolute Gasteiger partial charge is 0.325 e. The fourth-order valence-electron chi connectivity index (χ4n) is 4.30. The molecule has 3 heterocycles. The van der Waals surface area contributed by atoms with E-state index in [9.17, 15) is 14.0 Å². The molecule has 2 aliphatic heterocycles. The number of carbonyl (C=O) groups is 2. The second-order valence-corrected chi connectivity index (χ2v) is 7.64. The van der Waals surface area contributed by atoms with Gasteiger partial charge in [-0.05, 0) is 49.5 Å². The number of halogens is 1. The van der Waals surface area contributed by atoms with Crippen LogP contribution in [0.25, 0.3) is 0 Å². The molecule has 7 nitrogen and oxygen atoms in total. The minimum Gasteiger partial charge on any atom is -0.322 e. The number of urea groups is 1. The van der Waals surface area contributed by atoms with E-state index in [-0.39, 0.29) is 30.2 Å². The fraction of sp³-hybridized carbons (Fsp3) is 0.450. The second-order valence-electron chi connectivity index (χ2n) is 7.64. The third kappa shape index (κ3) is 3.40. The summed E-state index contributed by atoms with van der Waals surface area (Å²) in [5.41, 5.74) is 0.630. The molecule has 1 aromatic heterocycles. The van der Waals surface area contributed by atoms with Crippen molar-refractivity contribution >= 4 is 11.9 Å². The lowest BCUT2D eigenvalue weighted by Crippen LogP contribution is -2.57. The van der Waals surface area contributed by atoms with Crippen LogP contribution in [-0.4, -0.2) is 45.2 Å². The molecule has 2 aromatic rings. The predicted octanol–water partition coefficient (Wildman–Crippen LogP) is 1.59. The zero-order chi connectivity index (χ0) is 19.7. The molecule has 8 heteroatoms. The van der Waals surface area contributed by atoms with Crippen LogP contribution in [0, 0.1) is 11.7 Å². The molecule has 2 saturated heterocycles. The Morgan fingerprint density at radius 3 is 2.54 bits per heavy atom. The SMILES string of the molecule is Cn1cc(CN2C(=O)N[C@](Cc3ccc(F)cc3)(C3CCNCC3)C2=O)cn1. The standard InChI is InChI=1S/C20H24FN5O2/c1-25-12-15(11-23-25)13-26-18(27)20(24-19(26)28,16-6-8-22-9-7-16)10-14-2-4-17(21)5-3-14/h2-5,11-12,16,22H,6-10,13H2,1H3,(H,24,28)/t20-/m1/s1. The number of imide groups is 1. The summed E-state index contributed by atoms with van der Waals surface area (Å²) in [5, 5.41) is 10.4. The third-order valence-electron chi connectivity index (χ3n) is 5.73. The number of carbonyl (C=O) groups excluding carboxylic acids is 2. The number of hydrogen-bond donors (Lipinski definition) is 2. The van der Waals surface area contributed by atoms with Gasteiger partial charge >= 0.3 is 6.03 Å². The maximum Gasteiger partial charge on any atom is 0.325 e. The van der Waals surface area contributed by atoms with Crippen LogP contribution in [0.5, 0.6) is 0 Å². The third-order valence-corrected chi connectivity index (χ3v) is 5.73. The lowest BCUT2D eigenvalue weighted by Gasteiger charge is -2.38. The monoisotopic (exact) mass is 385 g/mol. The minimum atomic E-state index is -1.00. The van der Waals surface area contributed by atoms with Gasteiger partial charge in [0.1, 0.15) is 11.4 Å². The highest BCUT2D eigenvalue weighted by atomic mass is 19.1. The molecule has 3 amide bonds. The number of hydrogen-bond acceptors (Lipinski definition) is 4. The molecular weight excluding hydrogens is 361 g/mol. The molecule has 0 bridgehead atoms. The summed E-state index contributed by atoms with van der Waals surface area (Å²) < 4.78 is 15.0. The summed E-state index contributed by atoms with van der Waals surface area (Å²) >= 11 is 0. The van der Waals surface area contributed by atoms with Crippen molar-refractivity contribution in [1.82, 2.24) is 25.3 Å². The number of rotatable bonds is 5. The number of aryl methyl sites for hydroxylation is 1. The molecule has 28 heavy (non-hydrogen) atoms. The van der Waals surface area contributed by atoms with Gasteiger partial charge in [-0.1, -0.05) is 12.1 Å². The Kier molecular flexibility index (Phi) is 4.89. The van der Waals surface area contributed by atoms with Gasteiger partial charge in [0.25, 0.3) is 5.91 Å². The van der Waals surface area contributed by atoms with Crippen molar-refractivity contribution in [2.45, 2.75) is 31.3 Å². The Morgan fingerprint density at radius 1 is 1.18 bits per heavy atom.